The van der Waals surface area contributed by atoms with E-state index in [1.165, 1.54) is 6.07 Å². The number of halogens is 2. The first-order valence-electron chi connectivity index (χ1n) is 6.05. The van der Waals surface area contributed by atoms with Gasteiger partial charge >= 0.3 is 11.9 Å². The first-order chi connectivity index (χ1) is 10.8. The molecule has 2 aromatic carbocycles. The molecule has 0 radical (unpaired) electrons. The first kappa shape index (κ1) is 20.8. The number of hydrogen-bond acceptors (Lipinski definition) is 5. The van der Waals surface area contributed by atoms with E-state index in [1.807, 2.05) is 0 Å². The molecule has 0 saturated carbocycles. The number of carbonyl (C=O) groups excluding carboxylic acids is 1. The molecule has 8 heteroatoms. The molecule has 0 aliphatic rings. The summed E-state index contributed by atoms with van der Waals surface area (Å²) in [6.07, 6.45) is 0. The third-order valence-corrected chi connectivity index (χ3v) is 2.54. The molecule has 0 amide bonds. The van der Waals surface area contributed by atoms with Crippen molar-refractivity contribution in [2.75, 3.05) is 7.11 Å². The molecule has 0 bridgehead atoms. The van der Waals surface area contributed by atoms with Crippen LogP contribution in [0.3, 0.4) is 0 Å². The highest BCUT2D eigenvalue weighted by molar-refractivity contribution is 5.89. The normalized spacial score (nSPS) is 9.12. The lowest BCUT2D eigenvalue weighted by Gasteiger charge is -2.00. The predicted octanol–water partition coefficient (Wildman–Crippen LogP) is 3.18. The molecule has 0 aliphatic carbocycles. The van der Waals surface area contributed by atoms with Gasteiger partial charge < -0.3 is 20.1 Å². The van der Waals surface area contributed by atoms with Crippen LogP contribution in [-0.4, -0.2) is 34.4 Å². The van der Waals surface area contributed by atoms with Gasteiger partial charge in [0.25, 0.3) is 0 Å². The lowest BCUT2D eigenvalue weighted by atomic mass is 10.2. The largest absolute Gasteiger partial charge is 0.508 e. The number of rotatable bonds is 2. The summed E-state index contributed by atoms with van der Waals surface area (Å²) in [6, 6.07) is 6.11. The Hall–Kier alpha value is -3.16. The number of esters is 1. The van der Waals surface area contributed by atoms with Crippen LogP contribution in [0.25, 0.3) is 0 Å². The predicted molar refractivity (Wildman–Crippen MR) is 81.2 cm³/mol. The molecule has 0 aromatic heterocycles. The molecule has 3 N–H and O–H groups in total. The lowest BCUT2D eigenvalue weighted by Crippen LogP contribution is -2.03. The van der Waals surface area contributed by atoms with Crippen molar-refractivity contribution in [2.45, 2.75) is 7.43 Å². The van der Waals surface area contributed by atoms with Gasteiger partial charge in [-0.05, 0) is 24.3 Å². The molecule has 0 aliphatic heterocycles. The summed E-state index contributed by atoms with van der Waals surface area (Å²) in [7, 11) is 1.16. The maximum atomic E-state index is 12.8. The van der Waals surface area contributed by atoms with Gasteiger partial charge in [-0.2, -0.15) is 0 Å². The van der Waals surface area contributed by atoms with E-state index in [-0.39, 0.29) is 24.5 Å². The Labute approximate surface area is 136 Å². The minimum absolute atomic E-state index is 0. The van der Waals surface area contributed by atoms with Crippen molar-refractivity contribution in [1.82, 2.24) is 0 Å². The van der Waals surface area contributed by atoms with Gasteiger partial charge in [-0.15, -0.1) is 0 Å². The second-order valence-electron chi connectivity index (χ2n) is 4.13. The third-order valence-electron chi connectivity index (χ3n) is 2.54. The van der Waals surface area contributed by atoms with Crippen LogP contribution in [0.2, 0.25) is 0 Å². The molecular formula is C16H16F2O6. The fourth-order valence-corrected chi connectivity index (χ4v) is 1.46. The van der Waals surface area contributed by atoms with Crippen LogP contribution in [0.5, 0.6) is 11.5 Å². The fourth-order valence-electron chi connectivity index (χ4n) is 1.46. The van der Waals surface area contributed by atoms with E-state index in [4.69, 9.17) is 15.3 Å². The number of hydrogen-bond donors (Lipinski definition) is 3. The van der Waals surface area contributed by atoms with E-state index in [9.17, 15) is 18.4 Å². The highest BCUT2D eigenvalue weighted by Crippen LogP contribution is 2.15. The number of benzene rings is 2. The molecular weight excluding hydrogens is 326 g/mol. The van der Waals surface area contributed by atoms with E-state index >= 15 is 0 Å². The lowest BCUT2D eigenvalue weighted by molar-refractivity contribution is 0.0594. The number of carboxylic acids is 1. The van der Waals surface area contributed by atoms with Crippen molar-refractivity contribution < 1.29 is 38.4 Å². The van der Waals surface area contributed by atoms with E-state index in [0.29, 0.717) is 0 Å². The smallest absolute Gasteiger partial charge is 0.340 e. The molecule has 0 saturated heterocycles. The average Bonchev–Trinajstić information content (AvgIpc) is 2.46. The SMILES string of the molecule is C.COC(=O)c1ccc(O)cc1F.O=C(O)c1ccc(O)cc1F. The Kier molecular flexibility index (Phi) is 7.89. The van der Waals surface area contributed by atoms with Crippen LogP contribution in [0.4, 0.5) is 8.78 Å². The molecule has 2 aromatic rings. The Morgan fingerprint density at radius 1 is 0.917 bits per heavy atom. The summed E-state index contributed by atoms with van der Waals surface area (Å²) in [5.74, 6) is -4.33. The van der Waals surface area contributed by atoms with Crippen molar-refractivity contribution in [3.8, 4) is 11.5 Å². The van der Waals surface area contributed by atoms with Gasteiger partial charge in [-0.25, -0.2) is 18.4 Å². The van der Waals surface area contributed by atoms with Crippen LogP contribution in [0, 0.1) is 11.6 Å². The molecule has 0 heterocycles. The molecule has 6 nitrogen and oxygen atoms in total. The zero-order valence-corrected chi connectivity index (χ0v) is 11.8. The van der Waals surface area contributed by atoms with Gasteiger partial charge in [0.2, 0.25) is 0 Å². The van der Waals surface area contributed by atoms with Crippen molar-refractivity contribution in [3.05, 3.63) is 59.2 Å². The zero-order valence-electron chi connectivity index (χ0n) is 11.8. The number of aromatic carboxylic acids is 1. The molecule has 0 atom stereocenters. The van der Waals surface area contributed by atoms with E-state index in [1.54, 1.807) is 0 Å². The van der Waals surface area contributed by atoms with Crippen LogP contribution in [0.15, 0.2) is 36.4 Å². The summed E-state index contributed by atoms with van der Waals surface area (Å²) in [5, 5.41) is 25.8. The summed E-state index contributed by atoms with van der Waals surface area (Å²) in [4.78, 5) is 21.0. The van der Waals surface area contributed by atoms with Gasteiger partial charge in [-0.1, -0.05) is 7.43 Å². The molecule has 0 spiro atoms. The first-order valence-corrected chi connectivity index (χ1v) is 6.05. The van der Waals surface area contributed by atoms with Gasteiger partial charge in [0, 0.05) is 12.1 Å². The standard InChI is InChI=1S/C8H7FO3.C7H5FO3.CH4/c1-12-8(11)6-3-2-5(10)4-7(6)9;8-6-3-4(9)1-2-5(6)7(10)11;/h2-4,10H,1H3;1-3,9H,(H,10,11);1H4. The number of aromatic hydroxyl groups is 2. The Morgan fingerprint density at radius 2 is 1.33 bits per heavy atom. The fraction of sp³-hybridized carbons (Fsp3) is 0.125. The van der Waals surface area contributed by atoms with Crippen molar-refractivity contribution in [1.29, 1.82) is 0 Å². The maximum absolute atomic E-state index is 12.8. The number of carboxylic acid groups (broad SMARTS) is 1. The second-order valence-corrected chi connectivity index (χ2v) is 4.13. The summed E-state index contributed by atoms with van der Waals surface area (Å²) >= 11 is 0. The molecule has 24 heavy (non-hydrogen) atoms. The minimum Gasteiger partial charge on any atom is -0.508 e. The van der Waals surface area contributed by atoms with Gasteiger partial charge in [0.15, 0.2) is 0 Å². The molecule has 130 valence electrons. The van der Waals surface area contributed by atoms with Gasteiger partial charge in [-0.3, -0.25) is 0 Å². The van der Waals surface area contributed by atoms with Crippen LogP contribution in [-0.2, 0) is 4.74 Å². The monoisotopic (exact) mass is 342 g/mol. The number of ether oxygens (including phenoxy) is 1. The van der Waals surface area contributed by atoms with E-state index in [0.717, 1.165) is 37.4 Å². The minimum atomic E-state index is -1.34. The summed E-state index contributed by atoms with van der Waals surface area (Å²) in [5.41, 5.74) is -0.627. The Balaban J connectivity index is 0.000000425. The Bertz CT molecular complexity index is 731. The topological polar surface area (TPSA) is 104 Å². The van der Waals surface area contributed by atoms with E-state index < -0.39 is 29.1 Å². The molecule has 2 rings (SSSR count). The highest BCUT2D eigenvalue weighted by atomic mass is 19.1. The third kappa shape index (κ3) is 5.56. The number of phenols is 2. The van der Waals surface area contributed by atoms with Gasteiger partial charge in [0.1, 0.15) is 23.1 Å². The van der Waals surface area contributed by atoms with Crippen LogP contribution < -0.4 is 0 Å². The van der Waals surface area contributed by atoms with Crippen LogP contribution >= 0.6 is 0 Å². The maximum Gasteiger partial charge on any atom is 0.340 e. The van der Waals surface area contributed by atoms with E-state index in [2.05, 4.69) is 4.74 Å². The van der Waals surface area contributed by atoms with Crippen molar-refractivity contribution in [2.24, 2.45) is 0 Å². The number of methoxy groups -OCH3 is 1. The number of carbonyl (C=O) groups is 2. The van der Waals surface area contributed by atoms with Gasteiger partial charge in [0.05, 0.1) is 18.2 Å². The quantitative estimate of drug-likeness (QED) is 0.724. The number of phenolic OH excluding ortho intramolecular Hbond substituents is 2. The molecule has 0 unspecified atom stereocenters. The summed E-state index contributed by atoms with van der Waals surface area (Å²) < 4.78 is 29.7. The second kappa shape index (κ2) is 9.09. The van der Waals surface area contributed by atoms with Crippen LogP contribution in [0.1, 0.15) is 28.1 Å². The zero-order chi connectivity index (χ0) is 17.6. The Morgan fingerprint density at radius 3 is 1.67 bits per heavy atom. The van der Waals surface area contributed by atoms with Crippen molar-refractivity contribution in [3.63, 3.8) is 0 Å². The highest BCUT2D eigenvalue weighted by Gasteiger charge is 2.11. The molecule has 0 fully saturated rings. The average molecular weight is 342 g/mol. The van der Waals surface area contributed by atoms with Crippen molar-refractivity contribution >= 4 is 11.9 Å². The summed E-state index contributed by atoms with van der Waals surface area (Å²) in [6.45, 7) is 0.